The van der Waals surface area contributed by atoms with E-state index in [1.54, 1.807) is 0 Å². The second-order valence-corrected chi connectivity index (χ2v) is 5.93. The minimum atomic E-state index is -1.25. The third kappa shape index (κ3) is 2.75. The van der Waals surface area contributed by atoms with Crippen LogP contribution in [0.15, 0.2) is 54.9 Å². The Hall–Kier alpha value is -2.53. The molecule has 3 aromatic rings. The highest BCUT2D eigenvalue weighted by atomic mass is 16.3. The van der Waals surface area contributed by atoms with Crippen LogP contribution < -0.4 is 0 Å². The molecule has 5 heteroatoms. The zero-order valence-electron chi connectivity index (χ0n) is 13.5. The Balaban J connectivity index is 2.16. The van der Waals surface area contributed by atoms with Crippen LogP contribution in [0, 0.1) is 13.8 Å². The predicted molar refractivity (Wildman–Crippen MR) is 87.9 cm³/mol. The summed E-state index contributed by atoms with van der Waals surface area (Å²) in [6.07, 6.45) is 1.38. The molecular formula is C18H20N4O. The van der Waals surface area contributed by atoms with Gasteiger partial charge in [-0.15, -0.1) is 10.2 Å². The molecule has 1 aromatic heterocycles. The highest BCUT2D eigenvalue weighted by molar-refractivity contribution is 5.39. The highest BCUT2D eigenvalue weighted by Gasteiger charge is 2.40. The van der Waals surface area contributed by atoms with E-state index in [-0.39, 0.29) is 0 Å². The second-order valence-electron chi connectivity index (χ2n) is 5.93. The number of hydrogen-bond acceptors (Lipinski definition) is 4. The first-order valence-corrected chi connectivity index (χ1v) is 7.61. The van der Waals surface area contributed by atoms with Gasteiger partial charge < -0.3 is 5.11 Å². The van der Waals surface area contributed by atoms with Crippen LogP contribution in [0.3, 0.4) is 0 Å². The van der Waals surface area contributed by atoms with Gasteiger partial charge in [0.05, 0.1) is 0 Å². The average molecular weight is 308 g/mol. The summed E-state index contributed by atoms with van der Waals surface area (Å²) in [6, 6.07) is 15.4. The first-order valence-electron chi connectivity index (χ1n) is 7.61. The smallest absolute Gasteiger partial charge is 0.162 e. The normalized spacial score (nSPS) is 13.0. The van der Waals surface area contributed by atoms with Gasteiger partial charge in [0, 0.05) is 0 Å². The van der Waals surface area contributed by atoms with Crippen LogP contribution in [-0.2, 0) is 5.60 Å². The van der Waals surface area contributed by atoms with Crippen LogP contribution in [0.25, 0.3) is 0 Å². The Morgan fingerprint density at radius 2 is 1.39 bits per heavy atom. The van der Waals surface area contributed by atoms with E-state index in [0.29, 0.717) is 0 Å². The molecule has 0 fully saturated rings. The molecular weight excluding hydrogens is 288 g/mol. The molecule has 1 heterocycles. The lowest BCUT2D eigenvalue weighted by atomic mass is 9.80. The van der Waals surface area contributed by atoms with Crippen molar-refractivity contribution in [3.05, 3.63) is 77.1 Å². The molecule has 0 bridgehead atoms. The van der Waals surface area contributed by atoms with Crippen LogP contribution in [-0.4, -0.2) is 25.3 Å². The number of tetrazole rings is 1. The molecule has 0 aliphatic heterocycles. The average Bonchev–Trinajstić information content (AvgIpc) is 3.09. The fourth-order valence-corrected chi connectivity index (χ4v) is 2.78. The van der Waals surface area contributed by atoms with Gasteiger partial charge in [-0.05, 0) is 37.1 Å². The van der Waals surface area contributed by atoms with Crippen LogP contribution in [0.2, 0.25) is 0 Å². The number of rotatable bonds is 4. The highest BCUT2D eigenvalue weighted by Crippen LogP contribution is 2.39. The van der Waals surface area contributed by atoms with E-state index in [0.717, 1.165) is 22.3 Å². The van der Waals surface area contributed by atoms with E-state index in [1.165, 1.54) is 11.1 Å². The van der Waals surface area contributed by atoms with Crippen LogP contribution >= 0.6 is 0 Å². The minimum Gasteiger partial charge on any atom is -0.378 e. The molecule has 2 aromatic carbocycles. The van der Waals surface area contributed by atoms with Gasteiger partial charge in [0.2, 0.25) is 0 Å². The molecule has 1 N–H and O–H groups in total. The Labute approximate surface area is 135 Å². The molecule has 0 spiro atoms. The Bertz CT molecular complexity index is 718. The maximum atomic E-state index is 11.6. The first kappa shape index (κ1) is 15.4. The summed E-state index contributed by atoms with van der Waals surface area (Å²) in [5.41, 5.74) is 2.65. The molecule has 0 aliphatic rings. The summed E-state index contributed by atoms with van der Waals surface area (Å²) < 4.78 is 0. The maximum Gasteiger partial charge on any atom is 0.162 e. The second kappa shape index (κ2) is 5.93. The first-order chi connectivity index (χ1) is 11.0. The summed E-state index contributed by atoms with van der Waals surface area (Å²) in [7, 11) is 0. The van der Waals surface area contributed by atoms with Gasteiger partial charge in [-0.3, -0.25) is 0 Å². The Morgan fingerprint density at radius 1 is 0.913 bits per heavy atom. The van der Waals surface area contributed by atoms with Crippen molar-refractivity contribution in [2.75, 3.05) is 0 Å². The van der Waals surface area contributed by atoms with E-state index < -0.39 is 11.6 Å². The van der Waals surface area contributed by atoms with E-state index >= 15 is 0 Å². The van der Waals surface area contributed by atoms with Gasteiger partial charge in [-0.2, -0.15) is 4.80 Å². The SMILES string of the molecule is Cc1ccc(C(O)(c2ccc(C)cc2)C(C)n2ncnn2)cc1. The topological polar surface area (TPSA) is 63.8 Å². The van der Waals surface area contributed by atoms with Gasteiger partial charge in [0.25, 0.3) is 0 Å². The van der Waals surface area contributed by atoms with Gasteiger partial charge in [0.15, 0.2) is 6.33 Å². The number of aliphatic hydroxyl groups is 1. The van der Waals surface area contributed by atoms with Crippen molar-refractivity contribution < 1.29 is 5.11 Å². The van der Waals surface area contributed by atoms with Crippen LogP contribution in [0.5, 0.6) is 0 Å². The molecule has 0 radical (unpaired) electrons. The maximum absolute atomic E-state index is 11.6. The number of nitrogens with zero attached hydrogens (tertiary/aromatic N) is 4. The van der Waals surface area contributed by atoms with E-state index in [4.69, 9.17) is 0 Å². The third-order valence-electron chi connectivity index (χ3n) is 4.30. The van der Waals surface area contributed by atoms with E-state index in [9.17, 15) is 5.11 Å². The summed E-state index contributed by atoms with van der Waals surface area (Å²) in [5.74, 6) is 0. The third-order valence-corrected chi connectivity index (χ3v) is 4.30. The van der Waals surface area contributed by atoms with Gasteiger partial charge in [-0.1, -0.05) is 59.7 Å². The molecule has 0 saturated heterocycles. The monoisotopic (exact) mass is 308 g/mol. The zero-order chi connectivity index (χ0) is 16.4. The quantitative estimate of drug-likeness (QED) is 0.805. The standard InChI is InChI=1S/C18H20N4O/c1-13-4-8-16(9-5-13)18(23,15(3)22-20-12-19-21-22)17-10-6-14(2)7-11-17/h4-12,15,23H,1-3H3. The number of benzene rings is 2. The molecule has 1 unspecified atom stereocenters. The zero-order valence-corrected chi connectivity index (χ0v) is 13.5. The van der Waals surface area contributed by atoms with Gasteiger partial charge in [-0.25, -0.2) is 0 Å². The van der Waals surface area contributed by atoms with Crippen LogP contribution in [0.4, 0.5) is 0 Å². The molecule has 0 saturated carbocycles. The van der Waals surface area contributed by atoms with Crippen molar-refractivity contribution in [1.82, 2.24) is 20.2 Å². The number of aromatic nitrogens is 4. The fourth-order valence-electron chi connectivity index (χ4n) is 2.78. The van der Waals surface area contributed by atoms with Crippen molar-refractivity contribution in [1.29, 1.82) is 0 Å². The lowest BCUT2D eigenvalue weighted by Crippen LogP contribution is -2.37. The van der Waals surface area contributed by atoms with Crippen molar-refractivity contribution >= 4 is 0 Å². The van der Waals surface area contributed by atoms with Crippen molar-refractivity contribution in [3.8, 4) is 0 Å². The summed E-state index contributed by atoms with van der Waals surface area (Å²) in [5, 5.41) is 23.5. The Kier molecular flexibility index (Phi) is 3.96. The minimum absolute atomic E-state index is 0.407. The van der Waals surface area contributed by atoms with Crippen molar-refractivity contribution in [2.24, 2.45) is 0 Å². The van der Waals surface area contributed by atoms with Gasteiger partial charge >= 0.3 is 0 Å². The van der Waals surface area contributed by atoms with E-state index in [1.807, 2.05) is 69.3 Å². The molecule has 5 nitrogen and oxygen atoms in total. The molecule has 0 amide bonds. The summed E-state index contributed by atoms with van der Waals surface area (Å²) >= 11 is 0. The molecule has 3 rings (SSSR count). The van der Waals surface area contributed by atoms with E-state index in [2.05, 4.69) is 15.4 Å². The Morgan fingerprint density at radius 3 is 1.78 bits per heavy atom. The summed E-state index contributed by atoms with van der Waals surface area (Å²) in [4.78, 5) is 1.44. The fraction of sp³-hybridized carbons (Fsp3) is 0.278. The van der Waals surface area contributed by atoms with Gasteiger partial charge in [0.1, 0.15) is 11.6 Å². The molecule has 23 heavy (non-hydrogen) atoms. The lowest BCUT2D eigenvalue weighted by molar-refractivity contribution is 0.0183. The molecule has 0 aliphatic carbocycles. The number of aryl methyl sites for hydroxylation is 2. The summed E-state index contributed by atoms with van der Waals surface area (Å²) in [6.45, 7) is 5.94. The molecule has 1 atom stereocenters. The lowest BCUT2D eigenvalue weighted by Gasteiger charge is -2.34. The largest absolute Gasteiger partial charge is 0.378 e. The van der Waals surface area contributed by atoms with Crippen molar-refractivity contribution in [3.63, 3.8) is 0 Å². The predicted octanol–water partition coefficient (Wildman–Crippen LogP) is 2.79. The van der Waals surface area contributed by atoms with Crippen LogP contribution in [0.1, 0.15) is 35.2 Å². The van der Waals surface area contributed by atoms with Crippen molar-refractivity contribution in [2.45, 2.75) is 32.4 Å². The number of hydrogen-bond donors (Lipinski definition) is 1. The molecule has 118 valence electrons.